The lowest BCUT2D eigenvalue weighted by molar-refractivity contribution is -0.120. The van der Waals surface area contributed by atoms with E-state index in [1.807, 2.05) is 0 Å². The van der Waals surface area contributed by atoms with Crippen LogP contribution in [0, 0.1) is 13.8 Å². The van der Waals surface area contributed by atoms with Crippen molar-refractivity contribution >= 4 is 50.7 Å². The molecule has 0 atom stereocenters. The number of hydrogen-bond acceptors (Lipinski definition) is 9. The summed E-state index contributed by atoms with van der Waals surface area (Å²) in [5, 5.41) is 6.20. The summed E-state index contributed by atoms with van der Waals surface area (Å²) in [5.74, 6) is -0.709. The van der Waals surface area contributed by atoms with Gasteiger partial charge in [0, 0.05) is 17.3 Å². The Morgan fingerprint density at radius 3 is 2.28 bits per heavy atom. The molecule has 0 fully saturated rings. The van der Waals surface area contributed by atoms with Crippen LogP contribution in [0.5, 0.6) is 11.5 Å². The van der Waals surface area contributed by atoms with Gasteiger partial charge in [0.25, 0.3) is 21.8 Å². The largest absolute Gasteiger partial charge is 0.497 e. The highest BCUT2D eigenvalue weighted by atomic mass is 35.5. The molecule has 13 heteroatoms. The maximum absolute atomic E-state index is 13.1. The van der Waals surface area contributed by atoms with Gasteiger partial charge < -0.3 is 19.3 Å². The molecule has 2 N–H and O–H groups in total. The van der Waals surface area contributed by atoms with Crippen LogP contribution < -0.4 is 24.4 Å². The van der Waals surface area contributed by atoms with Crippen molar-refractivity contribution in [2.45, 2.75) is 18.7 Å². The Kier molecular flexibility index (Phi) is 6.65. The molecule has 11 nitrogen and oxygen atoms in total. The van der Waals surface area contributed by atoms with E-state index in [1.54, 1.807) is 19.9 Å². The van der Waals surface area contributed by atoms with Gasteiger partial charge in [0.2, 0.25) is 5.88 Å². The second-order valence-corrected chi connectivity index (χ2v) is 9.71. The molecule has 0 unspecified atom stereocenters. The molecule has 1 aliphatic heterocycles. The summed E-state index contributed by atoms with van der Waals surface area (Å²) in [6.45, 7) is 3.37. The number of ether oxygens (including phenoxy) is 2. The molecule has 2 heterocycles. The number of nitrogens with one attached hydrogen (secondary N) is 2. The van der Waals surface area contributed by atoms with Gasteiger partial charge in [-0.3, -0.25) is 9.59 Å². The minimum absolute atomic E-state index is 0.0238. The first-order chi connectivity index (χ1) is 17.1. The summed E-state index contributed by atoms with van der Waals surface area (Å²) in [7, 11) is -1.09. The quantitative estimate of drug-likeness (QED) is 0.417. The first-order valence-corrected chi connectivity index (χ1v) is 12.3. The maximum Gasteiger partial charge on any atom is 0.283 e. The van der Waals surface area contributed by atoms with Crippen molar-refractivity contribution < 1.29 is 32.0 Å². The molecule has 0 bridgehead atoms. The number of benzene rings is 2. The Bertz CT molecular complexity index is 1500. The lowest BCUT2D eigenvalue weighted by atomic mass is 10.2. The number of aryl methyl sites for hydroxylation is 1. The number of methoxy groups -OCH3 is 2. The maximum atomic E-state index is 13.1. The zero-order valence-electron chi connectivity index (χ0n) is 19.6. The van der Waals surface area contributed by atoms with Crippen LogP contribution >= 0.6 is 11.6 Å². The minimum atomic E-state index is -3.96. The number of sulfonamides is 1. The van der Waals surface area contributed by atoms with Crippen molar-refractivity contribution in [1.29, 1.82) is 0 Å². The van der Waals surface area contributed by atoms with Gasteiger partial charge in [-0.2, -0.15) is 0 Å². The average molecular weight is 533 g/mol. The summed E-state index contributed by atoms with van der Waals surface area (Å²) in [6, 6.07) is 10.1. The Labute approximate surface area is 211 Å². The zero-order valence-corrected chi connectivity index (χ0v) is 21.2. The average Bonchev–Trinajstić information content (AvgIpc) is 3.28. The van der Waals surface area contributed by atoms with E-state index in [2.05, 4.69) is 15.2 Å². The minimum Gasteiger partial charge on any atom is -0.497 e. The van der Waals surface area contributed by atoms with Gasteiger partial charge in [-0.05, 0) is 50.2 Å². The molecule has 1 aromatic heterocycles. The Morgan fingerprint density at radius 2 is 1.69 bits per heavy atom. The molecule has 0 saturated carbocycles. The monoisotopic (exact) mass is 532 g/mol. The lowest BCUT2D eigenvalue weighted by Gasteiger charge is -2.18. The molecule has 2 aromatic carbocycles. The van der Waals surface area contributed by atoms with Gasteiger partial charge >= 0.3 is 0 Å². The van der Waals surface area contributed by atoms with E-state index in [0.29, 0.717) is 22.7 Å². The molecule has 0 spiro atoms. The molecule has 188 valence electrons. The van der Waals surface area contributed by atoms with E-state index in [0.717, 1.165) is 4.90 Å². The molecular weight excluding hydrogens is 512 g/mol. The highest BCUT2D eigenvalue weighted by Gasteiger charge is 2.40. The predicted molar refractivity (Wildman–Crippen MR) is 132 cm³/mol. The molecule has 0 aliphatic carbocycles. The first kappa shape index (κ1) is 25.1. The van der Waals surface area contributed by atoms with E-state index in [-0.39, 0.29) is 32.9 Å². The summed E-state index contributed by atoms with van der Waals surface area (Å²) >= 11 is 6.20. The number of amides is 2. The van der Waals surface area contributed by atoms with Gasteiger partial charge in [0.1, 0.15) is 22.2 Å². The number of nitrogens with zero attached hydrogens (tertiary/aromatic N) is 2. The second-order valence-electron chi connectivity index (χ2n) is 7.65. The number of rotatable bonds is 8. The molecule has 3 aromatic rings. The molecule has 2 amide bonds. The first-order valence-electron chi connectivity index (χ1n) is 10.4. The van der Waals surface area contributed by atoms with Crippen LogP contribution in [0.4, 0.5) is 17.3 Å². The van der Waals surface area contributed by atoms with E-state index < -0.39 is 21.8 Å². The van der Waals surface area contributed by atoms with Crippen LogP contribution in [-0.2, 0) is 19.6 Å². The van der Waals surface area contributed by atoms with Crippen molar-refractivity contribution in [1.82, 2.24) is 5.16 Å². The number of aromatic nitrogens is 1. The fraction of sp³-hybridized carbons (Fsp3) is 0.174. The van der Waals surface area contributed by atoms with Crippen molar-refractivity contribution in [3.05, 3.63) is 64.5 Å². The molecule has 0 saturated heterocycles. The van der Waals surface area contributed by atoms with Crippen LogP contribution in [0.3, 0.4) is 0 Å². The Morgan fingerprint density at radius 1 is 1.00 bits per heavy atom. The third kappa shape index (κ3) is 4.48. The number of halogens is 1. The fourth-order valence-electron chi connectivity index (χ4n) is 3.35. The van der Waals surface area contributed by atoms with Crippen molar-refractivity contribution in [2.24, 2.45) is 0 Å². The summed E-state index contributed by atoms with van der Waals surface area (Å²) in [5.41, 5.74) is 1.49. The summed E-state index contributed by atoms with van der Waals surface area (Å²) in [6.07, 6.45) is 0. The highest BCUT2D eigenvalue weighted by molar-refractivity contribution is 7.92. The van der Waals surface area contributed by atoms with Crippen molar-refractivity contribution in [3.8, 4) is 11.5 Å². The number of anilines is 3. The van der Waals surface area contributed by atoms with E-state index in [9.17, 15) is 18.0 Å². The van der Waals surface area contributed by atoms with Crippen LogP contribution in [0.1, 0.15) is 11.3 Å². The standard InChI is InChI=1S/C23H21ClN4O7S/c1-12-13(2)26-35-21(12)27-36(31,32)16-8-5-14(6-9-16)25-20-19(24)22(29)28(23(20)30)17-10-7-15(33-3)11-18(17)34-4/h5-11,25,27H,1-4H3. The fourth-order valence-corrected chi connectivity index (χ4v) is 4.61. The third-order valence-electron chi connectivity index (χ3n) is 5.47. The lowest BCUT2D eigenvalue weighted by Crippen LogP contribution is -2.32. The van der Waals surface area contributed by atoms with Crippen LogP contribution in [0.2, 0.25) is 0 Å². The van der Waals surface area contributed by atoms with Crippen molar-refractivity contribution in [3.63, 3.8) is 0 Å². The zero-order chi connectivity index (χ0) is 26.2. The summed E-state index contributed by atoms with van der Waals surface area (Å²) < 4.78 is 43.2. The number of carbonyl (C=O) groups excluding carboxylic acids is 2. The molecule has 1 aliphatic rings. The van der Waals surface area contributed by atoms with Crippen LogP contribution in [0.15, 0.2) is 62.6 Å². The summed E-state index contributed by atoms with van der Waals surface area (Å²) in [4.78, 5) is 26.7. The van der Waals surface area contributed by atoms with E-state index in [4.69, 9.17) is 25.6 Å². The smallest absolute Gasteiger partial charge is 0.283 e. The van der Waals surface area contributed by atoms with Gasteiger partial charge in [-0.25, -0.2) is 18.0 Å². The van der Waals surface area contributed by atoms with Crippen molar-refractivity contribution in [2.75, 3.05) is 29.2 Å². The predicted octanol–water partition coefficient (Wildman–Crippen LogP) is 3.55. The van der Waals surface area contributed by atoms with Gasteiger partial charge in [-0.15, -0.1) is 0 Å². The molecule has 36 heavy (non-hydrogen) atoms. The Balaban J connectivity index is 1.55. The molecule has 0 radical (unpaired) electrons. The molecular formula is C23H21ClN4O7S. The number of imide groups is 1. The van der Waals surface area contributed by atoms with E-state index >= 15 is 0 Å². The second kappa shape index (κ2) is 9.55. The number of carbonyl (C=O) groups is 2. The normalized spacial score (nSPS) is 13.9. The molecule has 4 rings (SSSR count). The Hall–Kier alpha value is -4.03. The topological polar surface area (TPSA) is 140 Å². The van der Waals surface area contributed by atoms with E-state index in [1.165, 1.54) is 50.6 Å². The van der Waals surface area contributed by atoms with Gasteiger partial charge in [-0.1, -0.05) is 16.8 Å². The van der Waals surface area contributed by atoms with Crippen LogP contribution in [-0.4, -0.2) is 39.6 Å². The highest BCUT2D eigenvalue weighted by Crippen LogP contribution is 2.37. The SMILES string of the molecule is COc1ccc(N2C(=O)C(Cl)=C(Nc3ccc(S(=O)(=O)Nc4onc(C)c4C)cc3)C2=O)c(OC)c1. The third-order valence-corrected chi connectivity index (χ3v) is 7.17. The number of hydrogen-bond donors (Lipinski definition) is 2. The van der Waals surface area contributed by atoms with Crippen LogP contribution in [0.25, 0.3) is 0 Å². The van der Waals surface area contributed by atoms with Gasteiger partial charge in [0.15, 0.2) is 0 Å². The van der Waals surface area contributed by atoms with Gasteiger partial charge in [0.05, 0.1) is 30.5 Å².